The van der Waals surface area contributed by atoms with E-state index >= 15 is 0 Å². The first-order valence-corrected chi connectivity index (χ1v) is 5.56. The average Bonchev–Trinajstić information content (AvgIpc) is 2.24. The summed E-state index contributed by atoms with van der Waals surface area (Å²) in [5.74, 6) is 3.39. The predicted molar refractivity (Wildman–Crippen MR) is 53.0 cm³/mol. The SMILES string of the molecule is CC(C)(C)CC1CC2CCCC21. The monoisotopic (exact) mass is 166 g/mol. The van der Waals surface area contributed by atoms with Gasteiger partial charge >= 0.3 is 0 Å². The largest absolute Gasteiger partial charge is 0.0602 e. The maximum atomic E-state index is 2.38. The van der Waals surface area contributed by atoms with Gasteiger partial charge in [-0.2, -0.15) is 0 Å². The molecule has 0 aromatic heterocycles. The maximum absolute atomic E-state index is 2.38. The Kier molecular flexibility index (Phi) is 1.97. The summed E-state index contributed by atoms with van der Waals surface area (Å²) in [6.45, 7) is 7.15. The first kappa shape index (κ1) is 8.59. The molecule has 3 atom stereocenters. The van der Waals surface area contributed by atoms with Gasteiger partial charge in [0.1, 0.15) is 0 Å². The quantitative estimate of drug-likeness (QED) is 0.555. The van der Waals surface area contributed by atoms with E-state index in [2.05, 4.69) is 20.8 Å². The molecule has 0 spiro atoms. The molecule has 0 heterocycles. The lowest BCUT2D eigenvalue weighted by molar-refractivity contribution is 0.0636. The zero-order valence-corrected chi connectivity index (χ0v) is 8.77. The van der Waals surface area contributed by atoms with Crippen LogP contribution in [0, 0.1) is 23.2 Å². The Hall–Kier alpha value is 0. The highest BCUT2D eigenvalue weighted by Gasteiger charge is 2.44. The summed E-state index contributed by atoms with van der Waals surface area (Å²) >= 11 is 0. The van der Waals surface area contributed by atoms with E-state index in [0.29, 0.717) is 5.41 Å². The summed E-state index contributed by atoms with van der Waals surface area (Å²) in [5.41, 5.74) is 0.568. The van der Waals surface area contributed by atoms with E-state index in [-0.39, 0.29) is 0 Å². The molecule has 0 aromatic carbocycles. The summed E-state index contributed by atoms with van der Waals surface area (Å²) in [7, 11) is 0. The molecule has 2 aliphatic rings. The number of fused-ring (bicyclic) bond motifs is 1. The van der Waals surface area contributed by atoms with E-state index in [4.69, 9.17) is 0 Å². The summed E-state index contributed by atoms with van der Waals surface area (Å²) < 4.78 is 0. The Labute approximate surface area is 76.7 Å². The van der Waals surface area contributed by atoms with Crippen LogP contribution in [0.15, 0.2) is 0 Å². The Morgan fingerprint density at radius 2 is 1.92 bits per heavy atom. The third-order valence-corrected chi connectivity index (χ3v) is 3.80. The van der Waals surface area contributed by atoms with E-state index in [1.165, 1.54) is 12.8 Å². The molecule has 0 radical (unpaired) electrons. The van der Waals surface area contributed by atoms with Gasteiger partial charge in [0.05, 0.1) is 0 Å². The van der Waals surface area contributed by atoms with Crippen LogP contribution in [0.5, 0.6) is 0 Å². The second-order valence-corrected chi connectivity index (χ2v) is 6.12. The minimum atomic E-state index is 0.568. The Morgan fingerprint density at radius 1 is 1.17 bits per heavy atom. The molecule has 0 nitrogen and oxygen atoms in total. The molecular weight excluding hydrogens is 144 g/mol. The minimum Gasteiger partial charge on any atom is -0.0602 e. The van der Waals surface area contributed by atoms with Crippen LogP contribution in [-0.4, -0.2) is 0 Å². The molecule has 0 aliphatic heterocycles. The summed E-state index contributed by atoms with van der Waals surface area (Å²) in [5, 5.41) is 0. The second kappa shape index (κ2) is 2.75. The fourth-order valence-corrected chi connectivity index (χ4v) is 3.37. The molecule has 2 rings (SSSR count). The Balaban J connectivity index is 1.85. The molecule has 12 heavy (non-hydrogen) atoms. The van der Waals surface area contributed by atoms with Gasteiger partial charge in [0.15, 0.2) is 0 Å². The minimum absolute atomic E-state index is 0.568. The van der Waals surface area contributed by atoms with Crippen molar-refractivity contribution in [3.05, 3.63) is 0 Å². The molecule has 70 valence electrons. The molecule has 2 aliphatic carbocycles. The van der Waals surface area contributed by atoms with Crippen LogP contribution in [0.1, 0.15) is 52.9 Å². The van der Waals surface area contributed by atoms with Gasteiger partial charge in [0, 0.05) is 0 Å². The van der Waals surface area contributed by atoms with Gasteiger partial charge in [0.2, 0.25) is 0 Å². The van der Waals surface area contributed by atoms with Crippen molar-refractivity contribution in [3.8, 4) is 0 Å². The van der Waals surface area contributed by atoms with E-state index in [0.717, 1.165) is 17.8 Å². The smallest absolute Gasteiger partial charge is 0.0357 e. The van der Waals surface area contributed by atoms with Gasteiger partial charge in [-0.3, -0.25) is 0 Å². The zero-order chi connectivity index (χ0) is 8.77. The van der Waals surface area contributed by atoms with Crippen LogP contribution in [0.2, 0.25) is 0 Å². The van der Waals surface area contributed by atoms with Crippen LogP contribution in [0.4, 0.5) is 0 Å². The third kappa shape index (κ3) is 1.53. The first-order valence-electron chi connectivity index (χ1n) is 5.56. The molecule has 0 aromatic rings. The van der Waals surface area contributed by atoms with Crippen LogP contribution in [-0.2, 0) is 0 Å². The van der Waals surface area contributed by atoms with Crippen molar-refractivity contribution in [3.63, 3.8) is 0 Å². The van der Waals surface area contributed by atoms with Crippen LogP contribution < -0.4 is 0 Å². The molecule has 0 amide bonds. The van der Waals surface area contributed by atoms with E-state index < -0.39 is 0 Å². The van der Waals surface area contributed by atoms with E-state index in [1.807, 2.05) is 0 Å². The Morgan fingerprint density at radius 3 is 2.50 bits per heavy atom. The van der Waals surface area contributed by atoms with Gasteiger partial charge in [0.25, 0.3) is 0 Å². The number of hydrogen-bond donors (Lipinski definition) is 0. The highest BCUT2D eigenvalue weighted by molar-refractivity contribution is 4.94. The van der Waals surface area contributed by atoms with Crippen molar-refractivity contribution in [1.82, 2.24) is 0 Å². The topological polar surface area (TPSA) is 0 Å². The summed E-state index contributed by atoms with van der Waals surface area (Å²) in [6.07, 6.45) is 7.64. The normalized spacial score (nSPS) is 40.8. The lowest BCUT2D eigenvalue weighted by Crippen LogP contribution is -2.35. The van der Waals surface area contributed by atoms with Gasteiger partial charge in [-0.15, -0.1) is 0 Å². The summed E-state index contributed by atoms with van der Waals surface area (Å²) in [6, 6.07) is 0. The lowest BCUT2D eigenvalue weighted by atomic mass is 9.62. The molecule has 0 heteroatoms. The third-order valence-electron chi connectivity index (χ3n) is 3.80. The van der Waals surface area contributed by atoms with E-state index in [1.54, 1.807) is 19.3 Å². The van der Waals surface area contributed by atoms with Crippen LogP contribution in [0.3, 0.4) is 0 Å². The van der Waals surface area contributed by atoms with Gasteiger partial charge in [-0.25, -0.2) is 0 Å². The average molecular weight is 166 g/mol. The molecule has 0 bridgehead atoms. The van der Waals surface area contributed by atoms with Gasteiger partial charge in [-0.05, 0) is 42.4 Å². The first-order chi connectivity index (χ1) is 5.56. The standard InChI is InChI=1S/C12H22/c1-12(2,3)8-10-7-9-5-4-6-11(9)10/h9-11H,4-8H2,1-3H3. The van der Waals surface area contributed by atoms with E-state index in [9.17, 15) is 0 Å². The van der Waals surface area contributed by atoms with Crippen molar-refractivity contribution in [2.45, 2.75) is 52.9 Å². The van der Waals surface area contributed by atoms with Crippen molar-refractivity contribution < 1.29 is 0 Å². The van der Waals surface area contributed by atoms with Gasteiger partial charge in [-0.1, -0.05) is 33.6 Å². The highest BCUT2D eigenvalue weighted by Crippen LogP contribution is 2.54. The fourth-order valence-electron chi connectivity index (χ4n) is 3.37. The van der Waals surface area contributed by atoms with Crippen molar-refractivity contribution >= 4 is 0 Å². The van der Waals surface area contributed by atoms with Crippen LogP contribution in [0.25, 0.3) is 0 Å². The van der Waals surface area contributed by atoms with Crippen molar-refractivity contribution in [2.75, 3.05) is 0 Å². The fraction of sp³-hybridized carbons (Fsp3) is 1.00. The lowest BCUT2D eigenvalue weighted by Gasteiger charge is -2.43. The number of hydrogen-bond acceptors (Lipinski definition) is 0. The molecule has 0 saturated heterocycles. The van der Waals surface area contributed by atoms with Crippen molar-refractivity contribution in [1.29, 1.82) is 0 Å². The highest BCUT2D eigenvalue weighted by atomic mass is 14.5. The molecule has 0 N–H and O–H groups in total. The van der Waals surface area contributed by atoms with Gasteiger partial charge < -0.3 is 0 Å². The number of rotatable bonds is 1. The summed E-state index contributed by atoms with van der Waals surface area (Å²) in [4.78, 5) is 0. The maximum Gasteiger partial charge on any atom is -0.0357 e. The van der Waals surface area contributed by atoms with Crippen LogP contribution >= 0.6 is 0 Å². The molecule has 2 fully saturated rings. The Bertz CT molecular complexity index is 163. The second-order valence-electron chi connectivity index (χ2n) is 6.12. The van der Waals surface area contributed by atoms with Crippen molar-refractivity contribution in [2.24, 2.45) is 23.2 Å². The molecular formula is C12H22. The molecule has 3 unspecified atom stereocenters. The zero-order valence-electron chi connectivity index (χ0n) is 8.77. The molecule has 2 saturated carbocycles. The predicted octanol–water partition coefficient (Wildman–Crippen LogP) is 3.86.